The maximum atomic E-state index is 11.2. The van der Waals surface area contributed by atoms with Crippen LogP contribution in [0, 0.1) is 21.4 Å². The summed E-state index contributed by atoms with van der Waals surface area (Å²) in [4.78, 5) is 13.7. The molecule has 3 aromatic rings. The van der Waals surface area contributed by atoms with Crippen molar-refractivity contribution in [2.24, 2.45) is 0 Å². The lowest BCUT2D eigenvalue weighted by atomic mass is 10.0. The quantitative estimate of drug-likeness (QED) is 0.566. The first-order chi connectivity index (χ1) is 10.1. The first-order valence-electron chi connectivity index (χ1n) is 6.07. The van der Waals surface area contributed by atoms with Gasteiger partial charge < -0.3 is 4.98 Å². The molecule has 0 unspecified atom stereocenters. The van der Waals surface area contributed by atoms with Crippen LogP contribution in [0.15, 0.2) is 42.5 Å². The van der Waals surface area contributed by atoms with E-state index in [0.717, 1.165) is 0 Å². The molecule has 1 N–H and O–H groups in total. The topological polar surface area (TPSA) is 82.7 Å². The Hall–Kier alpha value is -2.84. The van der Waals surface area contributed by atoms with Crippen LogP contribution in [0.25, 0.3) is 22.0 Å². The van der Waals surface area contributed by atoms with Gasteiger partial charge >= 0.3 is 0 Å². The van der Waals surface area contributed by atoms with Crippen molar-refractivity contribution in [3.05, 3.63) is 63.3 Å². The summed E-state index contributed by atoms with van der Waals surface area (Å²) in [6.07, 6.45) is 0. The normalized spacial score (nSPS) is 10.5. The van der Waals surface area contributed by atoms with Crippen molar-refractivity contribution in [1.82, 2.24) is 4.98 Å². The Kier molecular flexibility index (Phi) is 3.09. The van der Waals surface area contributed by atoms with Crippen LogP contribution in [-0.2, 0) is 0 Å². The van der Waals surface area contributed by atoms with E-state index in [0.29, 0.717) is 27.1 Å². The molecule has 0 radical (unpaired) electrons. The second-order valence-corrected chi connectivity index (χ2v) is 4.89. The van der Waals surface area contributed by atoms with Gasteiger partial charge in [-0.15, -0.1) is 0 Å². The van der Waals surface area contributed by atoms with E-state index < -0.39 is 4.92 Å². The van der Waals surface area contributed by atoms with E-state index in [-0.39, 0.29) is 11.4 Å². The summed E-state index contributed by atoms with van der Waals surface area (Å²) in [6, 6.07) is 13.5. The highest BCUT2D eigenvalue weighted by atomic mass is 35.5. The van der Waals surface area contributed by atoms with Gasteiger partial charge in [-0.3, -0.25) is 10.1 Å². The fourth-order valence-electron chi connectivity index (χ4n) is 2.37. The minimum Gasteiger partial charge on any atom is -0.346 e. The fourth-order valence-corrected chi connectivity index (χ4v) is 2.54. The molecule has 0 aliphatic carbocycles. The molecule has 0 bridgehead atoms. The number of nitrogens with zero attached hydrogens (tertiary/aromatic N) is 2. The largest absolute Gasteiger partial charge is 0.346 e. The Morgan fingerprint density at radius 3 is 2.71 bits per heavy atom. The van der Waals surface area contributed by atoms with Gasteiger partial charge in [0.2, 0.25) is 0 Å². The minimum absolute atomic E-state index is 0.0464. The predicted octanol–water partition coefficient (Wildman–Crippen LogP) is 4.27. The molecule has 2 aromatic carbocycles. The molecule has 0 fully saturated rings. The zero-order chi connectivity index (χ0) is 15.0. The number of benzene rings is 2. The zero-order valence-corrected chi connectivity index (χ0v) is 11.4. The first kappa shape index (κ1) is 13.2. The van der Waals surface area contributed by atoms with Crippen LogP contribution in [0.2, 0.25) is 5.02 Å². The number of hydrogen-bond donors (Lipinski definition) is 1. The zero-order valence-electron chi connectivity index (χ0n) is 10.6. The summed E-state index contributed by atoms with van der Waals surface area (Å²) in [6.45, 7) is 0. The van der Waals surface area contributed by atoms with Crippen LogP contribution in [0.1, 0.15) is 5.69 Å². The lowest BCUT2D eigenvalue weighted by Gasteiger charge is -2.02. The van der Waals surface area contributed by atoms with Crippen molar-refractivity contribution in [2.75, 3.05) is 0 Å². The molecular formula is C15H8ClN3O2. The van der Waals surface area contributed by atoms with Crippen LogP contribution < -0.4 is 0 Å². The molecule has 1 heterocycles. The SMILES string of the molecule is N#Cc1[nH]c2ccc(Cl)cc2c1-c1ccccc1[N+](=O)[O-]. The Bertz CT molecular complexity index is 909. The highest BCUT2D eigenvalue weighted by molar-refractivity contribution is 6.31. The van der Waals surface area contributed by atoms with E-state index in [4.69, 9.17) is 11.6 Å². The van der Waals surface area contributed by atoms with E-state index in [1.54, 1.807) is 36.4 Å². The molecule has 3 rings (SSSR count). The number of nitriles is 1. The van der Waals surface area contributed by atoms with Crippen LogP contribution in [-0.4, -0.2) is 9.91 Å². The number of hydrogen-bond acceptors (Lipinski definition) is 3. The second kappa shape index (κ2) is 4.93. The highest BCUT2D eigenvalue weighted by Gasteiger charge is 2.21. The summed E-state index contributed by atoms with van der Waals surface area (Å²) in [5.74, 6) is 0. The summed E-state index contributed by atoms with van der Waals surface area (Å²) >= 11 is 6.00. The number of rotatable bonds is 2. The average Bonchev–Trinajstić information content (AvgIpc) is 2.84. The molecule has 0 saturated heterocycles. The molecular weight excluding hydrogens is 290 g/mol. The molecule has 0 aliphatic rings. The number of aromatic amines is 1. The third kappa shape index (κ3) is 2.12. The maximum Gasteiger partial charge on any atom is 0.277 e. The van der Waals surface area contributed by atoms with Gasteiger partial charge in [0.1, 0.15) is 11.8 Å². The van der Waals surface area contributed by atoms with Gasteiger partial charge in [-0.05, 0) is 24.3 Å². The first-order valence-corrected chi connectivity index (χ1v) is 6.44. The molecule has 21 heavy (non-hydrogen) atoms. The predicted molar refractivity (Wildman–Crippen MR) is 80.1 cm³/mol. The number of fused-ring (bicyclic) bond motifs is 1. The van der Waals surface area contributed by atoms with Crippen LogP contribution in [0.4, 0.5) is 5.69 Å². The van der Waals surface area contributed by atoms with Gasteiger partial charge in [0.15, 0.2) is 0 Å². The smallest absolute Gasteiger partial charge is 0.277 e. The maximum absolute atomic E-state index is 11.2. The second-order valence-electron chi connectivity index (χ2n) is 4.45. The lowest BCUT2D eigenvalue weighted by molar-refractivity contribution is -0.384. The fraction of sp³-hybridized carbons (Fsp3) is 0. The summed E-state index contributed by atoms with van der Waals surface area (Å²) in [5, 5.41) is 21.7. The highest BCUT2D eigenvalue weighted by Crippen LogP contribution is 2.38. The summed E-state index contributed by atoms with van der Waals surface area (Å²) < 4.78 is 0. The third-order valence-electron chi connectivity index (χ3n) is 3.24. The van der Waals surface area contributed by atoms with Crippen molar-refractivity contribution >= 4 is 28.2 Å². The molecule has 0 aliphatic heterocycles. The van der Waals surface area contributed by atoms with Crippen LogP contribution in [0.3, 0.4) is 0 Å². The van der Waals surface area contributed by atoms with Crippen molar-refractivity contribution in [2.45, 2.75) is 0 Å². The van der Waals surface area contributed by atoms with Crippen molar-refractivity contribution in [3.63, 3.8) is 0 Å². The van der Waals surface area contributed by atoms with E-state index in [1.165, 1.54) is 6.07 Å². The summed E-state index contributed by atoms with van der Waals surface area (Å²) in [5.41, 5.74) is 1.84. The van der Waals surface area contributed by atoms with E-state index >= 15 is 0 Å². The molecule has 0 spiro atoms. The van der Waals surface area contributed by atoms with Gasteiger partial charge in [-0.25, -0.2) is 0 Å². The Balaban J connectivity index is 2.42. The van der Waals surface area contributed by atoms with Crippen LogP contribution >= 0.6 is 11.6 Å². The molecule has 0 amide bonds. The Morgan fingerprint density at radius 2 is 2.00 bits per heavy atom. The van der Waals surface area contributed by atoms with E-state index in [1.807, 2.05) is 6.07 Å². The monoisotopic (exact) mass is 297 g/mol. The molecule has 0 atom stereocenters. The van der Waals surface area contributed by atoms with Gasteiger partial charge in [-0.2, -0.15) is 5.26 Å². The number of nitro benzene ring substituents is 1. The molecule has 102 valence electrons. The number of aromatic nitrogens is 1. The molecule has 0 saturated carbocycles. The molecule has 5 nitrogen and oxygen atoms in total. The Morgan fingerprint density at radius 1 is 1.24 bits per heavy atom. The minimum atomic E-state index is -0.458. The van der Waals surface area contributed by atoms with Gasteiger partial charge in [0.05, 0.1) is 10.5 Å². The van der Waals surface area contributed by atoms with Crippen LogP contribution in [0.5, 0.6) is 0 Å². The number of halogens is 1. The third-order valence-corrected chi connectivity index (χ3v) is 3.48. The average molecular weight is 298 g/mol. The Labute approximate surface area is 124 Å². The number of nitro groups is 1. The van der Waals surface area contributed by atoms with Crippen molar-refractivity contribution < 1.29 is 4.92 Å². The summed E-state index contributed by atoms with van der Waals surface area (Å²) in [7, 11) is 0. The number of para-hydroxylation sites is 1. The van der Waals surface area contributed by atoms with Crippen molar-refractivity contribution in [3.8, 4) is 17.2 Å². The number of nitrogens with one attached hydrogen (secondary N) is 1. The van der Waals surface area contributed by atoms with Gasteiger partial charge in [0.25, 0.3) is 5.69 Å². The number of H-pyrrole nitrogens is 1. The van der Waals surface area contributed by atoms with Crippen molar-refractivity contribution in [1.29, 1.82) is 5.26 Å². The molecule has 6 heteroatoms. The molecule has 1 aromatic heterocycles. The lowest BCUT2D eigenvalue weighted by Crippen LogP contribution is -1.92. The van der Waals surface area contributed by atoms with Gasteiger partial charge in [0, 0.05) is 27.6 Å². The van der Waals surface area contributed by atoms with E-state index in [2.05, 4.69) is 4.98 Å². The van der Waals surface area contributed by atoms with Gasteiger partial charge in [-0.1, -0.05) is 23.7 Å². The van der Waals surface area contributed by atoms with E-state index in [9.17, 15) is 15.4 Å². The standard InChI is InChI=1S/C15H8ClN3O2/c16-9-5-6-12-11(7-9)15(13(8-17)18-12)10-3-1-2-4-14(10)19(20)21/h1-7,18H.